The third-order valence-electron chi connectivity index (χ3n) is 6.82. The number of aliphatic imine (C=N–C) groups is 1. The molecular formula is C31H36Cl2N4O3. The van der Waals surface area contributed by atoms with Crippen LogP contribution in [0.5, 0.6) is 11.5 Å². The summed E-state index contributed by atoms with van der Waals surface area (Å²) in [4.78, 5) is 23.2. The molecule has 40 heavy (non-hydrogen) atoms. The fraction of sp³-hybridized carbons (Fsp3) is 0.355. The maximum absolute atomic E-state index is 14.1. The molecule has 0 saturated heterocycles. The number of ether oxygens (including phenoxy) is 2. The molecule has 4 rings (SSSR count). The number of benzene rings is 3. The molecular weight excluding hydrogens is 547 g/mol. The van der Waals surface area contributed by atoms with Crippen molar-refractivity contribution >= 4 is 35.1 Å². The lowest BCUT2D eigenvalue weighted by atomic mass is 9.81. The predicted octanol–water partition coefficient (Wildman–Crippen LogP) is 6.78. The molecule has 3 aromatic carbocycles. The number of urea groups is 1. The first-order valence-corrected chi connectivity index (χ1v) is 14.0. The second-order valence-electron chi connectivity index (χ2n) is 10.5. The van der Waals surface area contributed by atoms with Crippen LogP contribution in [0.1, 0.15) is 43.5 Å². The molecule has 2 atom stereocenters. The summed E-state index contributed by atoms with van der Waals surface area (Å²) in [7, 11) is 5.55. The van der Waals surface area contributed by atoms with Crippen LogP contribution in [-0.4, -0.2) is 62.1 Å². The molecule has 2 amide bonds. The molecule has 0 fully saturated rings. The molecule has 0 saturated carbocycles. The lowest BCUT2D eigenvalue weighted by Gasteiger charge is -2.35. The van der Waals surface area contributed by atoms with Gasteiger partial charge in [-0.05, 0) is 82.4 Å². The number of likely N-dealkylation sites (N-methyl/N-ethyl adjacent to an activating group) is 1. The van der Waals surface area contributed by atoms with E-state index in [9.17, 15) is 4.79 Å². The molecule has 1 aliphatic heterocycles. The van der Waals surface area contributed by atoms with Crippen molar-refractivity contribution in [3.05, 3.63) is 93.5 Å². The molecule has 212 valence electrons. The minimum atomic E-state index is -0.859. The van der Waals surface area contributed by atoms with E-state index >= 15 is 0 Å². The number of amides is 2. The van der Waals surface area contributed by atoms with Gasteiger partial charge in [0.05, 0.1) is 24.8 Å². The number of carbonyl (C=O) groups excluding carboxylic acids is 1. The van der Waals surface area contributed by atoms with Crippen molar-refractivity contribution in [2.24, 2.45) is 4.99 Å². The minimum Gasteiger partial charge on any atom is -0.497 e. The molecule has 0 spiro atoms. The topological polar surface area (TPSA) is 66.4 Å². The van der Waals surface area contributed by atoms with Gasteiger partial charge in [0, 0.05) is 29.2 Å². The van der Waals surface area contributed by atoms with Crippen molar-refractivity contribution in [2.45, 2.75) is 38.5 Å². The molecule has 0 bridgehead atoms. The van der Waals surface area contributed by atoms with E-state index < -0.39 is 11.6 Å². The quantitative estimate of drug-likeness (QED) is 0.302. The first-order chi connectivity index (χ1) is 19.0. The number of nitrogens with zero attached hydrogens (tertiary/aromatic N) is 3. The Kier molecular flexibility index (Phi) is 9.29. The van der Waals surface area contributed by atoms with Gasteiger partial charge in [0.1, 0.15) is 22.9 Å². The molecule has 0 radical (unpaired) electrons. The third-order valence-corrected chi connectivity index (χ3v) is 7.32. The van der Waals surface area contributed by atoms with Crippen LogP contribution in [0.15, 0.2) is 71.7 Å². The molecule has 1 N–H and O–H groups in total. The van der Waals surface area contributed by atoms with E-state index in [1.54, 1.807) is 12.0 Å². The Morgan fingerprint density at radius 1 is 1.05 bits per heavy atom. The number of hydrogen-bond donors (Lipinski definition) is 1. The van der Waals surface area contributed by atoms with E-state index in [4.69, 9.17) is 37.7 Å². The predicted molar refractivity (Wildman–Crippen MR) is 162 cm³/mol. The summed E-state index contributed by atoms with van der Waals surface area (Å²) in [6, 6.07) is 20.0. The Morgan fingerprint density at radius 3 is 2.25 bits per heavy atom. The van der Waals surface area contributed by atoms with Crippen molar-refractivity contribution in [3.8, 4) is 11.5 Å². The largest absolute Gasteiger partial charge is 0.497 e. The normalized spacial score (nSPS) is 18.7. The SMILES string of the molecule is COc1ccc(C2=NC(C)(c3ccc(Cl)cc3)C(c3ccc(Cl)cc3)N2C(=O)NCCN(C)C)c(OC(C)C)c1. The average Bonchev–Trinajstić information content (AvgIpc) is 3.22. The van der Waals surface area contributed by atoms with Crippen LogP contribution < -0.4 is 14.8 Å². The number of nitrogens with one attached hydrogen (secondary N) is 1. The van der Waals surface area contributed by atoms with Gasteiger partial charge in [-0.15, -0.1) is 0 Å². The lowest BCUT2D eigenvalue weighted by molar-refractivity contribution is 0.195. The molecule has 9 heteroatoms. The van der Waals surface area contributed by atoms with Gasteiger partial charge in [-0.3, -0.25) is 9.89 Å². The van der Waals surface area contributed by atoms with Gasteiger partial charge in [0.15, 0.2) is 0 Å². The maximum atomic E-state index is 14.1. The number of hydrogen-bond acceptors (Lipinski definition) is 5. The van der Waals surface area contributed by atoms with Crippen molar-refractivity contribution in [1.82, 2.24) is 15.1 Å². The standard InChI is InChI=1S/C31H36Cl2N4O3/c1-20(2)40-27-19-25(39-6)15-16-26(27)29-35-31(3,22-9-13-24(33)14-10-22)28(21-7-11-23(32)12-8-21)37(29)30(38)34-17-18-36(4)5/h7-16,19-20,28H,17-18H2,1-6H3,(H,34,38). The molecule has 1 heterocycles. The van der Waals surface area contributed by atoms with E-state index in [2.05, 4.69) is 5.32 Å². The highest BCUT2D eigenvalue weighted by atomic mass is 35.5. The Hall–Kier alpha value is -3.26. The first-order valence-electron chi connectivity index (χ1n) is 13.2. The number of amidine groups is 1. The van der Waals surface area contributed by atoms with Gasteiger partial charge >= 0.3 is 6.03 Å². The van der Waals surface area contributed by atoms with Crippen LogP contribution in [-0.2, 0) is 5.54 Å². The third kappa shape index (κ3) is 6.38. The Bertz CT molecular complexity index is 1360. The summed E-state index contributed by atoms with van der Waals surface area (Å²) in [5.41, 5.74) is 1.64. The van der Waals surface area contributed by atoms with Crippen LogP contribution >= 0.6 is 23.2 Å². The highest BCUT2D eigenvalue weighted by Gasteiger charge is 2.50. The maximum Gasteiger partial charge on any atom is 0.323 e. The molecule has 2 unspecified atom stereocenters. The van der Waals surface area contributed by atoms with Crippen LogP contribution in [0.2, 0.25) is 10.0 Å². The zero-order valence-corrected chi connectivity index (χ0v) is 25.3. The summed E-state index contributed by atoms with van der Waals surface area (Å²) >= 11 is 12.5. The zero-order valence-electron chi connectivity index (χ0n) is 23.7. The molecule has 7 nitrogen and oxygen atoms in total. The Morgan fingerprint density at radius 2 is 1.68 bits per heavy atom. The zero-order chi connectivity index (χ0) is 29.0. The van der Waals surface area contributed by atoms with Crippen LogP contribution in [0.25, 0.3) is 0 Å². The Balaban J connectivity index is 1.95. The van der Waals surface area contributed by atoms with Crippen molar-refractivity contribution < 1.29 is 14.3 Å². The Labute approximate surface area is 246 Å². The number of rotatable bonds is 9. The van der Waals surface area contributed by atoms with E-state index in [0.29, 0.717) is 46.0 Å². The second kappa shape index (κ2) is 12.5. The molecule has 1 aliphatic rings. The van der Waals surface area contributed by atoms with Crippen molar-refractivity contribution in [1.29, 1.82) is 0 Å². The van der Waals surface area contributed by atoms with E-state index in [0.717, 1.165) is 11.1 Å². The molecule has 0 aromatic heterocycles. The highest BCUT2D eigenvalue weighted by molar-refractivity contribution is 6.30. The lowest BCUT2D eigenvalue weighted by Crippen LogP contribution is -2.47. The van der Waals surface area contributed by atoms with Crippen LogP contribution in [0, 0.1) is 0 Å². The van der Waals surface area contributed by atoms with Gasteiger partial charge < -0.3 is 19.7 Å². The number of carbonyl (C=O) groups is 1. The highest BCUT2D eigenvalue weighted by Crippen LogP contribution is 2.49. The molecule has 3 aromatic rings. The van der Waals surface area contributed by atoms with Gasteiger partial charge in [-0.2, -0.15) is 0 Å². The number of halogens is 2. The van der Waals surface area contributed by atoms with Crippen molar-refractivity contribution in [2.75, 3.05) is 34.3 Å². The van der Waals surface area contributed by atoms with Crippen LogP contribution in [0.3, 0.4) is 0 Å². The monoisotopic (exact) mass is 582 g/mol. The van der Waals surface area contributed by atoms with E-state index in [1.165, 1.54) is 0 Å². The van der Waals surface area contributed by atoms with Crippen molar-refractivity contribution in [3.63, 3.8) is 0 Å². The van der Waals surface area contributed by atoms with Gasteiger partial charge in [-0.1, -0.05) is 47.5 Å². The smallest absolute Gasteiger partial charge is 0.323 e. The van der Waals surface area contributed by atoms with Gasteiger partial charge in [0.2, 0.25) is 0 Å². The fourth-order valence-electron chi connectivity index (χ4n) is 4.88. The first kappa shape index (κ1) is 29.7. The summed E-state index contributed by atoms with van der Waals surface area (Å²) in [6.45, 7) is 7.11. The average molecular weight is 584 g/mol. The molecule has 0 aliphatic carbocycles. The summed E-state index contributed by atoms with van der Waals surface area (Å²) in [5, 5.41) is 4.34. The summed E-state index contributed by atoms with van der Waals surface area (Å²) in [6.07, 6.45) is -0.107. The second-order valence-corrected chi connectivity index (χ2v) is 11.4. The van der Waals surface area contributed by atoms with E-state index in [-0.39, 0.29) is 12.1 Å². The minimum absolute atomic E-state index is 0.107. The van der Waals surface area contributed by atoms with E-state index in [1.807, 2.05) is 106 Å². The summed E-state index contributed by atoms with van der Waals surface area (Å²) < 4.78 is 11.7. The summed E-state index contributed by atoms with van der Waals surface area (Å²) in [5.74, 6) is 1.72. The van der Waals surface area contributed by atoms with Gasteiger partial charge in [0.25, 0.3) is 0 Å². The number of methoxy groups -OCH3 is 1. The van der Waals surface area contributed by atoms with Crippen LogP contribution in [0.4, 0.5) is 4.79 Å². The fourth-order valence-corrected chi connectivity index (χ4v) is 5.13. The van der Waals surface area contributed by atoms with Gasteiger partial charge in [-0.25, -0.2) is 4.79 Å².